The molecule has 2 rings (SSSR count). The molecule has 1 aliphatic carbocycles. The molecule has 0 aromatic heterocycles. The predicted molar refractivity (Wildman–Crippen MR) is 82.8 cm³/mol. The van der Waals surface area contributed by atoms with Crippen molar-refractivity contribution in [3.05, 3.63) is 28.7 Å². The molecule has 5 heteroatoms. The van der Waals surface area contributed by atoms with E-state index in [1.54, 1.807) is 0 Å². The fraction of sp³-hybridized carbons (Fsp3) is 0.467. The normalized spacial score (nSPS) is 16.2. The number of benzene rings is 1. The number of ether oxygens (including phenoxy) is 1. The number of hydrogen-bond donors (Lipinski definition) is 1. The molecular formula is C15H19BrN2O2. The molecule has 0 aliphatic heterocycles. The molecule has 1 aromatic carbocycles. The Hall–Kier alpha value is -1.36. The van der Waals surface area contributed by atoms with E-state index in [-0.39, 0.29) is 12.5 Å². The van der Waals surface area contributed by atoms with Crippen molar-refractivity contribution in [2.24, 2.45) is 11.0 Å². The van der Waals surface area contributed by atoms with Crippen LogP contribution in [0.5, 0.6) is 5.75 Å². The average molecular weight is 339 g/mol. The van der Waals surface area contributed by atoms with E-state index in [0.29, 0.717) is 11.7 Å². The van der Waals surface area contributed by atoms with Crippen LogP contribution in [-0.4, -0.2) is 18.7 Å². The van der Waals surface area contributed by atoms with Crippen LogP contribution in [0.25, 0.3) is 0 Å². The Bertz CT molecular complexity index is 471. The van der Waals surface area contributed by atoms with E-state index in [9.17, 15) is 4.79 Å². The van der Waals surface area contributed by atoms with Gasteiger partial charge in [-0.3, -0.25) is 4.79 Å². The monoisotopic (exact) mass is 338 g/mol. The van der Waals surface area contributed by atoms with E-state index in [4.69, 9.17) is 4.74 Å². The van der Waals surface area contributed by atoms with Gasteiger partial charge < -0.3 is 4.74 Å². The molecule has 1 fully saturated rings. The van der Waals surface area contributed by atoms with Gasteiger partial charge in [0, 0.05) is 10.7 Å². The van der Waals surface area contributed by atoms with Gasteiger partial charge in [-0.15, -0.1) is 0 Å². The van der Waals surface area contributed by atoms with Gasteiger partial charge in [-0.05, 0) is 37.0 Å². The van der Waals surface area contributed by atoms with Crippen molar-refractivity contribution in [2.75, 3.05) is 6.61 Å². The SMILES string of the molecule is O=C(COc1cccc(Br)c1)N/N=C\C1CCCCC1. The van der Waals surface area contributed by atoms with Crippen LogP contribution in [0.15, 0.2) is 33.8 Å². The molecule has 20 heavy (non-hydrogen) atoms. The summed E-state index contributed by atoms with van der Waals surface area (Å²) in [5, 5.41) is 4.01. The molecule has 0 bridgehead atoms. The van der Waals surface area contributed by atoms with E-state index < -0.39 is 0 Å². The maximum Gasteiger partial charge on any atom is 0.277 e. The lowest BCUT2D eigenvalue weighted by Gasteiger charge is -2.16. The van der Waals surface area contributed by atoms with Gasteiger partial charge in [0.15, 0.2) is 6.61 Å². The Labute approximate surface area is 127 Å². The summed E-state index contributed by atoms with van der Waals surface area (Å²) < 4.78 is 6.30. The predicted octanol–water partition coefficient (Wildman–Crippen LogP) is 3.51. The van der Waals surface area contributed by atoms with Gasteiger partial charge in [0.2, 0.25) is 0 Å². The fourth-order valence-corrected chi connectivity index (χ4v) is 2.61. The lowest BCUT2D eigenvalue weighted by Crippen LogP contribution is -2.25. The van der Waals surface area contributed by atoms with E-state index in [0.717, 1.165) is 4.47 Å². The second-order valence-corrected chi connectivity index (χ2v) is 5.87. The number of nitrogens with one attached hydrogen (secondary N) is 1. The number of nitrogens with zero attached hydrogens (tertiary/aromatic N) is 1. The minimum absolute atomic E-state index is 0.0293. The van der Waals surface area contributed by atoms with Crippen LogP contribution in [0.1, 0.15) is 32.1 Å². The number of hydrogen-bond acceptors (Lipinski definition) is 3. The summed E-state index contributed by atoms with van der Waals surface area (Å²) in [6.07, 6.45) is 8.04. The molecule has 0 heterocycles. The summed E-state index contributed by atoms with van der Waals surface area (Å²) in [4.78, 5) is 11.6. The number of hydrazone groups is 1. The molecular weight excluding hydrogens is 320 g/mol. The van der Waals surface area contributed by atoms with Crippen LogP contribution >= 0.6 is 15.9 Å². The zero-order valence-corrected chi connectivity index (χ0v) is 12.9. The summed E-state index contributed by atoms with van der Waals surface area (Å²) >= 11 is 3.35. The van der Waals surface area contributed by atoms with Crippen LogP contribution in [0.3, 0.4) is 0 Å². The first-order chi connectivity index (χ1) is 9.74. The average Bonchev–Trinajstić information content (AvgIpc) is 2.46. The molecule has 0 saturated heterocycles. The Kier molecular flexibility index (Phi) is 6.05. The van der Waals surface area contributed by atoms with Gasteiger partial charge in [-0.2, -0.15) is 5.10 Å². The van der Waals surface area contributed by atoms with Crippen molar-refractivity contribution >= 4 is 28.1 Å². The zero-order chi connectivity index (χ0) is 14.2. The highest BCUT2D eigenvalue weighted by Crippen LogP contribution is 2.21. The number of amides is 1. The van der Waals surface area contributed by atoms with E-state index >= 15 is 0 Å². The third-order valence-corrected chi connectivity index (χ3v) is 3.78. The van der Waals surface area contributed by atoms with Gasteiger partial charge in [0.25, 0.3) is 5.91 Å². The minimum atomic E-state index is -0.239. The molecule has 1 saturated carbocycles. The number of carbonyl (C=O) groups excluding carboxylic acids is 1. The standard InChI is InChI=1S/C15H19BrN2O2/c16-13-7-4-8-14(9-13)20-11-15(19)18-17-10-12-5-2-1-3-6-12/h4,7-10,12H,1-3,5-6,11H2,(H,18,19)/b17-10-. The molecule has 1 amide bonds. The second-order valence-electron chi connectivity index (χ2n) is 4.96. The van der Waals surface area contributed by atoms with Crippen molar-refractivity contribution in [3.63, 3.8) is 0 Å². The first-order valence-electron chi connectivity index (χ1n) is 6.94. The lowest BCUT2D eigenvalue weighted by atomic mass is 9.90. The molecule has 0 atom stereocenters. The van der Waals surface area contributed by atoms with Crippen LogP contribution < -0.4 is 10.2 Å². The smallest absolute Gasteiger partial charge is 0.277 e. The number of carbonyl (C=O) groups is 1. The van der Waals surface area contributed by atoms with Crippen molar-refractivity contribution in [1.82, 2.24) is 5.43 Å². The number of rotatable bonds is 5. The molecule has 4 nitrogen and oxygen atoms in total. The molecule has 0 spiro atoms. The Morgan fingerprint density at radius 2 is 2.20 bits per heavy atom. The van der Waals surface area contributed by atoms with Crippen LogP contribution in [0, 0.1) is 5.92 Å². The van der Waals surface area contributed by atoms with E-state index in [1.807, 2.05) is 30.5 Å². The van der Waals surface area contributed by atoms with Crippen molar-refractivity contribution < 1.29 is 9.53 Å². The first kappa shape index (κ1) is 15.0. The molecule has 1 N–H and O–H groups in total. The van der Waals surface area contributed by atoms with E-state index in [1.165, 1.54) is 32.1 Å². The maximum absolute atomic E-state index is 11.6. The molecule has 108 valence electrons. The Balaban J connectivity index is 1.68. The van der Waals surface area contributed by atoms with Crippen molar-refractivity contribution in [2.45, 2.75) is 32.1 Å². The van der Waals surface area contributed by atoms with Gasteiger partial charge >= 0.3 is 0 Å². The molecule has 1 aliphatic rings. The third-order valence-electron chi connectivity index (χ3n) is 3.29. The summed E-state index contributed by atoms with van der Waals surface area (Å²) in [5.41, 5.74) is 2.51. The van der Waals surface area contributed by atoms with Gasteiger partial charge in [0.1, 0.15) is 5.75 Å². The third kappa shape index (κ3) is 5.33. The highest BCUT2D eigenvalue weighted by Gasteiger charge is 2.10. The summed E-state index contributed by atoms with van der Waals surface area (Å²) in [6, 6.07) is 7.39. The Morgan fingerprint density at radius 3 is 2.95 bits per heavy atom. The number of halogens is 1. The molecule has 0 unspecified atom stereocenters. The second kappa shape index (κ2) is 8.04. The summed E-state index contributed by atoms with van der Waals surface area (Å²) in [6.45, 7) is -0.0293. The summed E-state index contributed by atoms with van der Waals surface area (Å²) in [5.74, 6) is 0.929. The molecule has 0 radical (unpaired) electrons. The molecule has 1 aromatic rings. The van der Waals surface area contributed by atoms with Gasteiger partial charge in [0.05, 0.1) is 0 Å². The largest absolute Gasteiger partial charge is 0.484 e. The first-order valence-corrected chi connectivity index (χ1v) is 7.74. The highest BCUT2D eigenvalue weighted by atomic mass is 79.9. The van der Waals surface area contributed by atoms with Crippen molar-refractivity contribution in [3.8, 4) is 5.75 Å². The zero-order valence-electron chi connectivity index (χ0n) is 11.3. The Morgan fingerprint density at radius 1 is 1.40 bits per heavy atom. The van der Waals surface area contributed by atoms with Gasteiger partial charge in [-0.25, -0.2) is 5.43 Å². The van der Waals surface area contributed by atoms with Crippen LogP contribution in [-0.2, 0) is 4.79 Å². The van der Waals surface area contributed by atoms with Crippen LogP contribution in [0.4, 0.5) is 0 Å². The van der Waals surface area contributed by atoms with Crippen LogP contribution in [0.2, 0.25) is 0 Å². The van der Waals surface area contributed by atoms with E-state index in [2.05, 4.69) is 26.5 Å². The van der Waals surface area contributed by atoms with Crippen molar-refractivity contribution in [1.29, 1.82) is 0 Å². The van der Waals surface area contributed by atoms with Gasteiger partial charge in [-0.1, -0.05) is 41.3 Å². The topological polar surface area (TPSA) is 50.7 Å². The fourth-order valence-electron chi connectivity index (χ4n) is 2.24. The minimum Gasteiger partial charge on any atom is -0.484 e. The summed E-state index contributed by atoms with van der Waals surface area (Å²) in [7, 11) is 0. The quantitative estimate of drug-likeness (QED) is 0.659. The lowest BCUT2D eigenvalue weighted by molar-refractivity contribution is -0.123. The maximum atomic E-state index is 11.6. The highest BCUT2D eigenvalue weighted by molar-refractivity contribution is 9.10.